The summed E-state index contributed by atoms with van der Waals surface area (Å²) in [5, 5.41) is 0. The van der Waals surface area contributed by atoms with E-state index in [1.165, 1.54) is 0 Å². The molecule has 9 heavy (non-hydrogen) atoms. The second kappa shape index (κ2) is 1.02. The topological polar surface area (TPSA) is 26.3 Å². The SMILES string of the molecule is CC12CC(C)(C1)C(=O)O2. The first-order valence-corrected chi connectivity index (χ1v) is 3.28. The van der Waals surface area contributed by atoms with Crippen molar-refractivity contribution in [1.29, 1.82) is 0 Å². The molecule has 3 rings (SSSR count). The summed E-state index contributed by atoms with van der Waals surface area (Å²) in [6, 6.07) is 0. The number of ether oxygens (including phenoxy) is 1. The number of esters is 1. The van der Waals surface area contributed by atoms with E-state index in [-0.39, 0.29) is 17.0 Å². The first-order chi connectivity index (χ1) is 4.04. The Morgan fingerprint density at radius 1 is 1.44 bits per heavy atom. The number of fused-ring (bicyclic) bond motifs is 1. The maximum absolute atomic E-state index is 10.9. The molecule has 0 aromatic carbocycles. The Bertz CT molecular complexity index is 177. The molecular formula is C7H10O2. The zero-order chi connectivity index (χ0) is 6.70. The molecule has 0 radical (unpaired) electrons. The van der Waals surface area contributed by atoms with Crippen LogP contribution in [-0.2, 0) is 9.53 Å². The van der Waals surface area contributed by atoms with Gasteiger partial charge in [-0.25, -0.2) is 0 Å². The van der Waals surface area contributed by atoms with Gasteiger partial charge < -0.3 is 4.74 Å². The molecule has 0 aromatic rings. The molecule has 2 bridgehead atoms. The van der Waals surface area contributed by atoms with Crippen LogP contribution in [0, 0.1) is 5.41 Å². The van der Waals surface area contributed by atoms with Gasteiger partial charge in [-0.2, -0.15) is 0 Å². The van der Waals surface area contributed by atoms with Crippen LogP contribution >= 0.6 is 0 Å². The van der Waals surface area contributed by atoms with E-state index in [1.807, 2.05) is 13.8 Å². The van der Waals surface area contributed by atoms with Gasteiger partial charge >= 0.3 is 5.97 Å². The smallest absolute Gasteiger partial charge is 0.312 e. The molecule has 2 heterocycles. The molecule has 2 aliphatic heterocycles. The molecule has 3 fully saturated rings. The number of hydrogen-bond acceptors (Lipinski definition) is 2. The molecule has 0 N–H and O–H groups in total. The number of hydrogen-bond donors (Lipinski definition) is 0. The van der Waals surface area contributed by atoms with Crippen molar-refractivity contribution in [2.75, 3.05) is 0 Å². The normalized spacial score (nSPS) is 54.7. The van der Waals surface area contributed by atoms with Crippen LogP contribution in [0.3, 0.4) is 0 Å². The van der Waals surface area contributed by atoms with E-state index in [9.17, 15) is 4.79 Å². The molecule has 0 spiro atoms. The number of carbonyl (C=O) groups is 1. The van der Waals surface area contributed by atoms with E-state index in [2.05, 4.69) is 0 Å². The zero-order valence-electron chi connectivity index (χ0n) is 5.73. The highest BCUT2D eigenvalue weighted by atomic mass is 16.6. The minimum atomic E-state index is -0.102. The Kier molecular flexibility index (Phi) is 0.600. The van der Waals surface area contributed by atoms with Gasteiger partial charge in [-0.05, 0) is 13.8 Å². The van der Waals surface area contributed by atoms with Crippen LogP contribution in [0.25, 0.3) is 0 Å². The van der Waals surface area contributed by atoms with Crippen LogP contribution in [0.1, 0.15) is 26.7 Å². The van der Waals surface area contributed by atoms with Crippen molar-refractivity contribution < 1.29 is 9.53 Å². The maximum atomic E-state index is 10.9. The average molecular weight is 126 g/mol. The summed E-state index contributed by atoms with van der Waals surface area (Å²) in [7, 11) is 0. The van der Waals surface area contributed by atoms with E-state index < -0.39 is 0 Å². The standard InChI is InChI=1S/C7H10O2/c1-6-3-7(2,4-6)9-5(6)8/h3-4H2,1-2H3. The largest absolute Gasteiger partial charge is 0.459 e. The van der Waals surface area contributed by atoms with Gasteiger partial charge in [-0.1, -0.05) is 0 Å². The summed E-state index contributed by atoms with van der Waals surface area (Å²) < 4.78 is 5.09. The summed E-state index contributed by atoms with van der Waals surface area (Å²) in [6.45, 7) is 3.98. The Labute approximate surface area is 54.2 Å². The summed E-state index contributed by atoms with van der Waals surface area (Å²) in [6.07, 6.45) is 1.86. The lowest BCUT2D eigenvalue weighted by Gasteiger charge is -2.36. The third-order valence-corrected chi connectivity index (χ3v) is 2.36. The van der Waals surface area contributed by atoms with Crippen molar-refractivity contribution in [3.8, 4) is 0 Å². The quantitative estimate of drug-likeness (QED) is 0.454. The number of carbonyl (C=O) groups excluding carboxylic acids is 1. The molecule has 0 atom stereocenters. The van der Waals surface area contributed by atoms with Gasteiger partial charge in [0.25, 0.3) is 0 Å². The third kappa shape index (κ3) is 0.443. The van der Waals surface area contributed by atoms with E-state index in [1.54, 1.807) is 0 Å². The van der Waals surface area contributed by atoms with Crippen LogP contribution < -0.4 is 0 Å². The van der Waals surface area contributed by atoms with Crippen LogP contribution in [0.15, 0.2) is 0 Å². The van der Waals surface area contributed by atoms with Gasteiger partial charge in [0.15, 0.2) is 0 Å². The van der Waals surface area contributed by atoms with Gasteiger partial charge in [0.05, 0.1) is 5.41 Å². The molecule has 0 aromatic heterocycles. The first-order valence-electron chi connectivity index (χ1n) is 3.28. The van der Waals surface area contributed by atoms with E-state index in [0.29, 0.717) is 0 Å². The van der Waals surface area contributed by atoms with Crippen molar-refractivity contribution in [2.45, 2.75) is 32.3 Å². The van der Waals surface area contributed by atoms with E-state index in [0.717, 1.165) is 12.8 Å². The van der Waals surface area contributed by atoms with E-state index in [4.69, 9.17) is 4.74 Å². The van der Waals surface area contributed by atoms with Crippen molar-refractivity contribution in [1.82, 2.24) is 0 Å². The molecule has 2 saturated heterocycles. The van der Waals surface area contributed by atoms with Gasteiger partial charge in [0.1, 0.15) is 5.60 Å². The predicted molar refractivity (Wildman–Crippen MR) is 31.8 cm³/mol. The second-order valence-corrected chi connectivity index (χ2v) is 3.75. The average Bonchev–Trinajstić information content (AvgIpc) is 1.85. The highest BCUT2D eigenvalue weighted by Crippen LogP contribution is 2.57. The molecule has 0 unspecified atom stereocenters. The van der Waals surface area contributed by atoms with Gasteiger partial charge in [0.2, 0.25) is 0 Å². The molecular weight excluding hydrogens is 116 g/mol. The summed E-state index contributed by atoms with van der Waals surface area (Å²) in [4.78, 5) is 10.9. The molecule has 2 nitrogen and oxygen atoms in total. The van der Waals surface area contributed by atoms with Gasteiger partial charge in [-0.15, -0.1) is 0 Å². The van der Waals surface area contributed by atoms with Crippen molar-refractivity contribution in [3.63, 3.8) is 0 Å². The van der Waals surface area contributed by atoms with Crippen molar-refractivity contribution >= 4 is 5.97 Å². The lowest BCUT2D eigenvalue weighted by molar-refractivity contribution is -0.143. The third-order valence-electron chi connectivity index (χ3n) is 2.36. The molecule has 0 amide bonds. The second-order valence-electron chi connectivity index (χ2n) is 3.75. The molecule has 50 valence electrons. The molecule has 1 aliphatic carbocycles. The highest BCUT2D eigenvalue weighted by Gasteiger charge is 2.64. The van der Waals surface area contributed by atoms with Crippen LogP contribution in [0.4, 0.5) is 0 Å². The number of rotatable bonds is 0. The predicted octanol–water partition coefficient (Wildman–Crippen LogP) is 1.10. The van der Waals surface area contributed by atoms with Crippen LogP contribution in [0.2, 0.25) is 0 Å². The summed E-state index contributed by atoms with van der Waals surface area (Å²) in [5.41, 5.74) is -0.180. The Morgan fingerprint density at radius 2 is 2.00 bits per heavy atom. The molecule has 2 heteroatoms. The zero-order valence-corrected chi connectivity index (χ0v) is 5.73. The van der Waals surface area contributed by atoms with Gasteiger partial charge in [-0.3, -0.25) is 4.79 Å². The van der Waals surface area contributed by atoms with E-state index >= 15 is 0 Å². The van der Waals surface area contributed by atoms with Gasteiger partial charge in [0, 0.05) is 12.8 Å². The van der Waals surface area contributed by atoms with Crippen LogP contribution in [-0.4, -0.2) is 11.6 Å². The Hall–Kier alpha value is -0.530. The summed E-state index contributed by atoms with van der Waals surface area (Å²) >= 11 is 0. The Morgan fingerprint density at radius 3 is 2.11 bits per heavy atom. The lowest BCUT2D eigenvalue weighted by Crippen LogP contribution is -2.40. The monoisotopic (exact) mass is 126 g/mol. The fourth-order valence-corrected chi connectivity index (χ4v) is 2.16. The molecule has 1 saturated carbocycles. The Balaban J connectivity index is 2.34. The van der Waals surface area contributed by atoms with Crippen molar-refractivity contribution in [2.24, 2.45) is 5.41 Å². The van der Waals surface area contributed by atoms with Crippen LogP contribution in [0.5, 0.6) is 0 Å². The fraction of sp³-hybridized carbons (Fsp3) is 0.857. The fourth-order valence-electron chi connectivity index (χ4n) is 2.16. The minimum absolute atomic E-state index is 0.00463. The summed E-state index contributed by atoms with van der Waals surface area (Å²) in [5.74, 6) is 0.00463. The lowest BCUT2D eigenvalue weighted by atomic mass is 9.64. The van der Waals surface area contributed by atoms with Crippen molar-refractivity contribution in [3.05, 3.63) is 0 Å². The highest BCUT2D eigenvalue weighted by molar-refractivity contribution is 5.82. The minimum Gasteiger partial charge on any atom is -0.459 e. The first kappa shape index (κ1) is 5.27. The maximum Gasteiger partial charge on any atom is 0.312 e. The molecule has 3 aliphatic rings.